The highest BCUT2D eigenvalue weighted by Crippen LogP contribution is 2.40. The summed E-state index contributed by atoms with van der Waals surface area (Å²) in [5.41, 5.74) is 13.1. The molecule has 0 fully saturated rings. The average molecular weight is 720 g/mol. The fourth-order valence-electron chi connectivity index (χ4n) is 7.88. The van der Waals surface area contributed by atoms with Gasteiger partial charge in [0.2, 0.25) is 0 Å². The molecule has 2 heterocycles. The van der Waals surface area contributed by atoms with Gasteiger partial charge < -0.3 is 4.42 Å². The molecule has 2 aliphatic rings. The second-order valence-corrected chi connectivity index (χ2v) is 14.3. The van der Waals surface area contributed by atoms with Crippen LogP contribution >= 0.6 is 0 Å². The summed E-state index contributed by atoms with van der Waals surface area (Å²) in [7, 11) is 0. The minimum absolute atomic E-state index is 0.0936. The second kappa shape index (κ2) is 14.6. The van der Waals surface area contributed by atoms with Gasteiger partial charge in [-0.05, 0) is 81.6 Å². The van der Waals surface area contributed by atoms with Crippen molar-refractivity contribution in [1.82, 2.24) is 15.0 Å². The maximum atomic E-state index is 6.49. The minimum atomic E-state index is 0.0936. The SMILES string of the molecule is C1=CCC(c2cccc3oc4ccc(-c5ccc(-c6ccccc6-c6ccccc6)cc5)cc4c23)=CC(c2nc(-c3ccccc3)nc(C3C=CC=CC3)n2)=C1. The number of nitrogens with zero attached hydrogens (tertiary/aromatic N) is 3. The van der Waals surface area contributed by atoms with Gasteiger partial charge in [0.15, 0.2) is 11.6 Å². The largest absolute Gasteiger partial charge is 0.456 e. The van der Waals surface area contributed by atoms with Crippen molar-refractivity contribution >= 4 is 33.1 Å². The lowest BCUT2D eigenvalue weighted by Crippen LogP contribution is -2.09. The Morgan fingerprint density at radius 2 is 1.18 bits per heavy atom. The molecule has 4 heteroatoms. The third kappa shape index (κ3) is 6.41. The van der Waals surface area contributed by atoms with E-state index in [0.29, 0.717) is 11.6 Å². The van der Waals surface area contributed by atoms with E-state index >= 15 is 0 Å². The van der Waals surface area contributed by atoms with Gasteiger partial charge >= 0.3 is 0 Å². The smallest absolute Gasteiger partial charge is 0.163 e. The van der Waals surface area contributed by atoms with Gasteiger partial charge in [-0.3, -0.25) is 0 Å². The summed E-state index contributed by atoms with van der Waals surface area (Å²) in [6, 6.07) is 51.2. The predicted molar refractivity (Wildman–Crippen MR) is 231 cm³/mol. The zero-order chi connectivity index (χ0) is 37.3. The molecule has 0 amide bonds. The molecule has 10 rings (SSSR count). The molecule has 2 aromatic heterocycles. The Morgan fingerprint density at radius 1 is 0.500 bits per heavy atom. The Morgan fingerprint density at radius 3 is 1.95 bits per heavy atom. The molecule has 0 bridgehead atoms. The average Bonchev–Trinajstić information content (AvgIpc) is 3.47. The molecule has 6 aromatic carbocycles. The molecule has 0 radical (unpaired) electrons. The first-order valence-electron chi connectivity index (χ1n) is 19.2. The molecule has 266 valence electrons. The minimum Gasteiger partial charge on any atom is -0.456 e. The van der Waals surface area contributed by atoms with Crippen LogP contribution in [-0.4, -0.2) is 15.0 Å². The molecule has 8 aromatic rings. The van der Waals surface area contributed by atoms with Crippen LogP contribution in [0.1, 0.15) is 36.0 Å². The molecule has 0 spiro atoms. The van der Waals surface area contributed by atoms with Crippen molar-refractivity contribution in [3.63, 3.8) is 0 Å². The zero-order valence-corrected chi connectivity index (χ0v) is 30.7. The Hall–Kier alpha value is -7.17. The van der Waals surface area contributed by atoms with E-state index < -0.39 is 0 Å². The van der Waals surface area contributed by atoms with Crippen LogP contribution in [0.25, 0.3) is 77.9 Å². The molecule has 0 N–H and O–H groups in total. The van der Waals surface area contributed by atoms with E-state index in [1.807, 2.05) is 18.2 Å². The van der Waals surface area contributed by atoms with Crippen molar-refractivity contribution in [1.29, 1.82) is 0 Å². The molecule has 0 saturated heterocycles. The molecule has 0 saturated carbocycles. The van der Waals surface area contributed by atoms with Crippen LogP contribution in [0.4, 0.5) is 0 Å². The van der Waals surface area contributed by atoms with Crippen molar-refractivity contribution in [2.45, 2.75) is 18.8 Å². The quantitative estimate of drug-likeness (QED) is 0.165. The monoisotopic (exact) mass is 719 g/mol. The van der Waals surface area contributed by atoms with Gasteiger partial charge in [0.05, 0.1) is 0 Å². The van der Waals surface area contributed by atoms with E-state index in [1.54, 1.807) is 0 Å². The number of hydrogen-bond acceptors (Lipinski definition) is 4. The Balaban J connectivity index is 1.03. The van der Waals surface area contributed by atoms with Crippen LogP contribution in [0.15, 0.2) is 199 Å². The van der Waals surface area contributed by atoms with Crippen molar-refractivity contribution in [3.05, 3.63) is 211 Å². The molecule has 2 aliphatic carbocycles. The summed E-state index contributed by atoms with van der Waals surface area (Å²) >= 11 is 0. The summed E-state index contributed by atoms with van der Waals surface area (Å²) in [4.78, 5) is 15.1. The van der Waals surface area contributed by atoms with E-state index in [4.69, 9.17) is 19.4 Å². The molecule has 0 aliphatic heterocycles. The lowest BCUT2D eigenvalue weighted by atomic mass is 9.92. The summed E-state index contributed by atoms with van der Waals surface area (Å²) in [5.74, 6) is 2.22. The second-order valence-electron chi connectivity index (χ2n) is 14.3. The van der Waals surface area contributed by atoms with E-state index in [2.05, 4.69) is 176 Å². The number of aromatic nitrogens is 3. The van der Waals surface area contributed by atoms with Crippen LogP contribution in [-0.2, 0) is 0 Å². The molecule has 4 nitrogen and oxygen atoms in total. The molecule has 56 heavy (non-hydrogen) atoms. The zero-order valence-electron chi connectivity index (χ0n) is 30.7. The highest BCUT2D eigenvalue weighted by molar-refractivity contribution is 6.12. The number of fused-ring (bicyclic) bond motifs is 3. The highest BCUT2D eigenvalue weighted by Gasteiger charge is 2.20. The summed E-state index contributed by atoms with van der Waals surface area (Å²) in [5, 5.41) is 2.20. The van der Waals surface area contributed by atoms with Gasteiger partial charge in [-0.15, -0.1) is 0 Å². The number of furan rings is 1. The van der Waals surface area contributed by atoms with Crippen LogP contribution in [0, 0.1) is 0 Å². The van der Waals surface area contributed by atoms with Gasteiger partial charge in [-0.1, -0.05) is 170 Å². The molecular weight excluding hydrogens is 683 g/mol. The van der Waals surface area contributed by atoms with Gasteiger partial charge in [0.25, 0.3) is 0 Å². The maximum Gasteiger partial charge on any atom is 0.163 e. The third-order valence-corrected chi connectivity index (χ3v) is 10.7. The Bertz CT molecular complexity index is 2890. The number of hydrogen-bond donors (Lipinski definition) is 0. The van der Waals surface area contributed by atoms with E-state index in [9.17, 15) is 0 Å². The van der Waals surface area contributed by atoms with Crippen LogP contribution < -0.4 is 0 Å². The van der Waals surface area contributed by atoms with Crippen molar-refractivity contribution in [2.75, 3.05) is 0 Å². The first-order valence-corrected chi connectivity index (χ1v) is 19.2. The molecule has 1 atom stereocenters. The summed E-state index contributed by atoms with van der Waals surface area (Å²) in [6.45, 7) is 0. The lowest BCUT2D eigenvalue weighted by Gasteiger charge is -2.15. The van der Waals surface area contributed by atoms with Gasteiger partial charge in [-0.25, -0.2) is 15.0 Å². The fourth-order valence-corrected chi connectivity index (χ4v) is 7.88. The van der Waals surface area contributed by atoms with Crippen LogP contribution in [0.3, 0.4) is 0 Å². The van der Waals surface area contributed by atoms with Crippen molar-refractivity contribution < 1.29 is 4.42 Å². The lowest BCUT2D eigenvalue weighted by molar-refractivity contribution is 0.669. The fraction of sp³-hybridized carbons (Fsp3) is 0.0577. The Kier molecular flexibility index (Phi) is 8.69. The van der Waals surface area contributed by atoms with Crippen molar-refractivity contribution in [2.24, 2.45) is 0 Å². The van der Waals surface area contributed by atoms with E-state index in [-0.39, 0.29) is 5.92 Å². The molecular formula is C52H37N3O. The molecule has 1 unspecified atom stereocenters. The van der Waals surface area contributed by atoms with E-state index in [1.165, 1.54) is 27.8 Å². The van der Waals surface area contributed by atoms with Gasteiger partial charge in [0.1, 0.15) is 17.0 Å². The standard InChI is InChI=1S/C52H37N3O/c1-4-15-36(16-5-1)43-23-12-13-24-44(43)37-29-27-35(28-30-37)40-31-32-47-46(34-40)49-45(25-14-26-48(49)56-47)41-21-10-11-22-42(33-41)52-54-50(38-17-6-2-7-18-38)53-51(55-52)39-19-8-3-9-20-39/h1-19,22-34,39H,20-21H2. The normalized spacial score (nSPS) is 15.2. The van der Waals surface area contributed by atoms with Crippen LogP contribution in [0.5, 0.6) is 0 Å². The summed E-state index contributed by atoms with van der Waals surface area (Å²) < 4.78 is 6.49. The number of allylic oxidation sites excluding steroid dienone is 10. The first kappa shape index (κ1) is 33.4. The van der Waals surface area contributed by atoms with E-state index in [0.717, 1.165) is 68.4 Å². The number of benzene rings is 6. The van der Waals surface area contributed by atoms with Gasteiger partial charge in [0, 0.05) is 27.8 Å². The highest BCUT2D eigenvalue weighted by atomic mass is 16.3. The number of rotatable bonds is 7. The summed E-state index contributed by atoms with van der Waals surface area (Å²) in [6.07, 6.45) is 18.8. The first-order chi connectivity index (χ1) is 27.7. The predicted octanol–water partition coefficient (Wildman–Crippen LogP) is 13.5. The van der Waals surface area contributed by atoms with Crippen LogP contribution in [0.2, 0.25) is 0 Å². The van der Waals surface area contributed by atoms with Crippen molar-refractivity contribution in [3.8, 4) is 44.8 Å². The maximum absolute atomic E-state index is 6.49. The van der Waals surface area contributed by atoms with Gasteiger partial charge in [-0.2, -0.15) is 0 Å². The Labute approximate surface area is 326 Å². The topological polar surface area (TPSA) is 51.8 Å². The third-order valence-electron chi connectivity index (χ3n) is 10.7.